The van der Waals surface area contributed by atoms with E-state index in [0.29, 0.717) is 24.6 Å². The summed E-state index contributed by atoms with van der Waals surface area (Å²) in [7, 11) is 0. The molecule has 2 aliphatic rings. The summed E-state index contributed by atoms with van der Waals surface area (Å²) in [4.78, 5) is 36.5. The van der Waals surface area contributed by atoms with Gasteiger partial charge in [-0.3, -0.25) is 9.59 Å². The summed E-state index contributed by atoms with van der Waals surface area (Å²) in [6.07, 6.45) is 5.26. The molecule has 1 aromatic carbocycles. The lowest BCUT2D eigenvalue weighted by molar-refractivity contribution is -0.127. The fourth-order valence-corrected chi connectivity index (χ4v) is 5.12. The van der Waals surface area contributed by atoms with Crippen LogP contribution in [0.2, 0.25) is 0 Å². The highest BCUT2D eigenvalue weighted by Gasteiger charge is 2.33. The average Bonchev–Trinajstić information content (AvgIpc) is 3.69. The molecule has 5 heterocycles. The van der Waals surface area contributed by atoms with Crippen LogP contribution < -0.4 is 0 Å². The lowest BCUT2D eigenvalue weighted by Gasteiger charge is -2.35. The van der Waals surface area contributed by atoms with Gasteiger partial charge in [-0.25, -0.2) is 18.3 Å². The van der Waals surface area contributed by atoms with Crippen LogP contribution in [-0.2, 0) is 16.0 Å². The van der Waals surface area contributed by atoms with E-state index in [4.69, 9.17) is 0 Å². The van der Waals surface area contributed by atoms with Gasteiger partial charge in [-0.1, -0.05) is 35.5 Å². The van der Waals surface area contributed by atoms with E-state index in [-0.39, 0.29) is 35.4 Å². The molecule has 2 aliphatic heterocycles. The number of benzene rings is 1. The second kappa shape index (κ2) is 9.13. The van der Waals surface area contributed by atoms with Gasteiger partial charge in [0.15, 0.2) is 17.5 Å². The summed E-state index contributed by atoms with van der Waals surface area (Å²) in [5, 5.41) is 7.54. The number of fused-ring (bicyclic) bond motifs is 1. The summed E-state index contributed by atoms with van der Waals surface area (Å²) in [6.45, 7) is 1.19. The van der Waals surface area contributed by atoms with Crippen LogP contribution in [0.15, 0.2) is 63.9 Å². The smallest absolute Gasteiger partial charge is 0.295 e. The van der Waals surface area contributed by atoms with Gasteiger partial charge in [0.25, 0.3) is 22.9 Å². The molecule has 186 valence electrons. The van der Waals surface area contributed by atoms with Crippen molar-refractivity contribution >= 4 is 45.3 Å². The van der Waals surface area contributed by atoms with Crippen molar-refractivity contribution in [3.8, 4) is 5.82 Å². The predicted molar refractivity (Wildman–Crippen MR) is 132 cm³/mol. The van der Waals surface area contributed by atoms with Crippen LogP contribution in [0, 0.1) is 5.82 Å². The topological polar surface area (TPSA) is 142 Å². The number of piperazine rings is 1. The number of amides is 1. The molecule has 0 aliphatic carbocycles. The number of halogens is 1. The summed E-state index contributed by atoms with van der Waals surface area (Å²) in [6, 6.07) is 9.31. The second-order valence-electron chi connectivity index (χ2n) is 8.29. The third-order valence-corrected chi connectivity index (χ3v) is 6.85. The van der Waals surface area contributed by atoms with E-state index in [1.165, 1.54) is 28.2 Å². The van der Waals surface area contributed by atoms with Gasteiger partial charge in [0.05, 0.1) is 35.1 Å². The number of nitrogens with zero attached hydrogens (tertiary/aromatic N) is 8. The van der Waals surface area contributed by atoms with Crippen molar-refractivity contribution in [2.24, 2.45) is 8.80 Å². The minimum atomic E-state index is -1.71. The first-order valence-electron chi connectivity index (χ1n) is 11.3. The summed E-state index contributed by atoms with van der Waals surface area (Å²) in [5.41, 5.74) is 1.46. The van der Waals surface area contributed by atoms with E-state index in [1.54, 1.807) is 0 Å². The van der Waals surface area contributed by atoms with E-state index in [1.807, 2.05) is 35.2 Å². The lowest BCUT2D eigenvalue weighted by Crippen LogP contribution is -2.53. The average molecular weight is 520 g/mol. The van der Waals surface area contributed by atoms with Gasteiger partial charge in [0.2, 0.25) is 0 Å². The fourth-order valence-electron chi connectivity index (χ4n) is 4.39. The number of hydrogen-bond donors (Lipinski definition) is 1. The number of rotatable bonds is 4. The minimum Gasteiger partial charge on any atom is -0.357 e. The summed E-state index contributed by atoms with van der Waals surface area (Å²) < 4.78 is 36.4. The maximum Gasteiger partial charge on any atom is 0.295 e. The molecule has 1 fully saturated rings. The molecule has 1 atom stereocenters. The standard InChI is InChI=1S/C23H18FN9O3S/c24-16-13-26-21(33-7-6-27-30-33)19-17(16)15(12-25-19)20(34)23(35)32-10-8-31(9-11-32)22-18(28-37(36)29-22)14-4-2-1-3-5-14/h1-7,12-13,25H,8-11H2. The number of Topliss-reactive ketones (excluding diaryl/α,β-unsaturated/α-hetero) is 1. The molecule has 3 aromatic heterocycles. The zero-order valence-corrected chi connectivity index (χ0v) is 19.9. The number of aromatic amines is 1. The van der Waals surface area contributed by atoms with Crippen LogP contribution in [-0.4, -0.2) is 88.4 Å². The van der Waals surface area contributed by atoms with Crippen LogP contribution in [0.1, 0.15) is 15.9 Å². The van der Waals surface area contributed by atoms with Gasteiger partial charge >= 0.3 is 0 Å². The number of carbonyl (C=O) groups is 2. The van der Waals surface area contributed by atoms with E-state index in [2.05, 4.69) is 29.1 Å². The van der Waals surface area contributed by atoms with Gasteiger partial charge in [-0.2, -0.15) is 4.40 Å². The SMILES string of the molecule is O=C(C(=O)N1CCN(C2=NS(=O)N=C2c2ccccc2)CC1)c1c[nH]c2c(-n3ccnn3)ncc(F)c12. The second-order valence-corrected chi connectivity index (χ2v) is 9.12. The number of nitrogens with one attached hydrogen (secondary N) is 1. The molecule has 14 heteroatoms. The van der Waals surface area contributed by atoms with Crippen molar-refractivity contribution in [2.45, 2.75) is 0 Å². The Bertz CT molecular complexity index is 1610. The number of aromatic nitrogens is 5. The van der Waals surface area contributed by atoms with E-state index < -0.39 is 28.7 Å². The largest absolute Gasteiger partial charge is 0.357 e. The van der Waals surface area contributed by atoms with Crippen molar-refractivity contribution in [1.82, 2.24) is 34.8 Å². The third-order valence-electron chi connectivity index (χ3n) is 6.18. The van der Waals surface area contributed by atoms with Crippen molar-refractivity contribution < 1.29 is 18.2 Å². The molecule has 4 aromatic rings. The van der Waals surface area contributed by atoms with Crippen LogP contribution in [0.4, 0.5) is 4.39 Å². The molecule has 12 nitrogen and oxygen atoms in total. The maximum absolute atomic E-state index is 14.7. The van der Waals surface area contributed by atoms with Crippen molar-refractivity contribution in [3.63, 3.8) is 0 Å². The maximum atomic E-state index is 14.7. The molecule has 0 bridgehead atoms. The Hall–Kier alpha value is -4.59. The Morgan fingerprint density at radius 2 is 1.84 bits per heavy atom. The molecule has 0 spiro atoms. The molecule has 1 unspecified atom stereocenters. The number of hydrogen-bond acceptors (Lipinski definition) is 7. The molecule has 1 amide bonds. The molecular weight excluding hydrogens is 501 g/mol. The number of amidine groups is 1. The first-order chi connectivity index (χ1) is 18.0. The molecule has 1 saturated heterocycles. The molecule has 0 saturated carbocycles. The normalized spacial score (nSPS) is 17.7. The zero-order valence-electron chi connectivity index (χ0n) is 19.1. The summed E-state index contributed by atoms with van der Waals surface area (Å²) >= 11 is -1.71. The van der Waals surface area contributed by atoms with Gasteiger partial charge < -0.3 is 14.8 Å². The van der Waals surface area contributed by atoms with Crippen LogP contribution >= 0.6 is 0 Å². The molecular formula is C23H18FN9O3S. The lowest BCUT2D eigenvalue weighted by atomic mass is 10.1. The Morgan fingerprint density at radius 1 is 1.05 bits per heavy atom. The molecule has 1 N–H and O–H groups in total. The van der Waals surface area contributed by atoms with Crippen LogP contribution in [0.25, 0.3) is 16.7 Å². The first-order valence-corrected chi connectivity index (χ1v) is 12.3. The van der Waals surface area contributed by atoms with Crippen molar-refractivity contribution in [2.75, 3.05) is 26.2 Å². The molecule has 37 heavy (non-hydrogen) atoms. The van der Waals surface area contributed by atoms with Gasteiger partial charge in [-0.15, -0.1) is 9.50 Å². The molecule has 6 rings (SSSR count). The minimum absolute atomic E-state index is 0.0380. The highest BCUT2D eigenvalue weighted by atomic mass is 32.2. The van der Waals surface area contributed by atoms with Crippen LogP contribution in [0.5, 0.6) is 0 Å². The van der Waals surface area contributed by atoms with Crippen molar-refractivity contribution in [3.05, 3.63) is 72.1 Å². The van der Waals surface area contributed by atoms with Gasteiger partial charge in [0.1, 0.15) is 5.71 Å². The Morgan fingerprint density at radius 3 is 2.57 bits per heavy atom. The number of ketones is 1. The highest BCUT2D eigenvalue weighted by Crippen LogP contribution is 2.26. The third kappa shape index (κ3) is 4.00. The molecule has 0 radical (unpaired) electrons. The first kappa shape index (κ1) is 22.8. The number of pyridine rings is 1. The van der Waals surface area contributed by atoms with E-state index in [9.17, 15) is 18.2 Å². The fraction of sp³-hybridized carbons (Fsp3) is 0.174. The summed E-state index contributed by atoms with van der Waals surface area (Å²) in [5.74, 6) is -1.57. The van der Waals surface area contributed by atoms with E-state index >= 15 is 0 Å². The Balaban J connectivity index is 1.20. The predicted octanol–water partition coefficient (Wildman–Crippen LogP) is 1.09. The van der Waals surface area contributed by atoms with Gasteiger partial charge in [-0.05, 0) is 0 Å². The van der Waals surface area contributed by atoms with Gasteiger partial charge in [0, 0.05) is 37.9 Å². The van der Waals surface area contributed by atoms with E-state index in [0.717, 1.165) is 11.8 Å². The number of H-pyrrole nitrogens is 1. The Kier molecular flexibility index (Phi) is 5.64. The zero-order chi connectivity index (χ0) is 25.5. The Labute approximate surface area is 211 Å². The number of carbonyl (C=O) groups excluding carboxylic acids is 2. The monoisotopic (exact) mass is 519 g/mol. The van der Waals surface area contributed by atoms with Crippen molar-refractivity contribution in [1.29, 1.82) is 0 Å². The van der Waals surface area contributed by atoms with Crippen LogP contribution in [0.3, 0.4) is 0 Å². The quantitative estimate of drug-likeness (QED) is 0.314. The highest BCUT2D eigenvalue weighted by molar-refractivity contribution is 7.83.